The van der Waals surface area contributed by atoms with Crippen LogP contribution in [0, 0.1) is 19.7 Å². The number of aliphatic hydroxyl groups excluding tert-OH is 1. The van der Waals surface area contributed by atoms with Crippen LogP contribution in [0.1, 0.15) is 34.1 Å². The number of ketones is 1. The number of Topliss-reactive ketones (excluding diaryl/α,β-unsaturated/α-hetero) is 1. The summed E-state index contributed by atoms with van der Waals surface area (Å²) in [6, 6.07) is 15.1. The maximum absolute atomic E-state index is 14.1. The van der Waals surface area contributed by atoms with Crippen molar-refractivity contribution in [3.8, 4) is 5.75 Å². The molecule has 12 heteroatoms. The summed E-state index contributed by atoms with van der Waals surface area (Å²) in [5.41, 5.74) is 3.08. The molecule has 0 radical (unpaired) electrons. The Bertz CT molecular complexity index is 1860. The van der Waals surface area contributed by atoms with Crippen LogP contribution in [0.2, 0.25) is 0 Å². The van der Waals surface area contributed by atoms with Gasteiger partial charge in [-0.25, -0.2) is 9.37 Å². The topological polar surface area (TPSA) is 121 Å². The van der Waals surface area contributed by atoms with Crippen LogP contribution in [0.15, 0.2) is 76.8 Å². The fourth-order valence-corrected chi connectivity index (χ4v) is 6.64. The predicted octanol–water partition coefficient (Wildman–Crippen LogP) is 5.57. The molecule has 9 nitrogen and oxygen atoms in total. The molecular formula is C29H22FN5O4S2. The summed E-state index contributed by atoms with van der Waals surface area (Å²) in [7, 11) is 0. The molecule has 4 heterocycles. The maximum atomic E-state index is 14.1. The van der Waals surface area contributed by atoms with E-state index in [-0.39, 0.29) is 28.0 Å². The highest BCUT2D eigenvalue weighted by atomic mass is 32.2. The van der Waals surface area contributed by atoms with Crippen molar-refractivity contribution < 1.29 is 24.2 Å². The number of hydrogen-bond donors (Lipinski definition) is 2. The van der Waals surface area contributed by atoms with Crippen LogP contribution in [0.4, 0.5) is 9.52 Å². The van der Waals surface area contributed by atoms with E-state index in [1.807, 2.05) is 19.1 Å². The smallest absolute Gasteiger partial charge is 0.301 e. The van der Waals surface area contributed by atoms with Gasteiger partial charge < -0.3 is 14.6 Å². The van der Waals surface area contributed by atoms with E-state index < -0.39 is 23.5 Å². The minimum atomic E-state index is -1.06. The van der Waals surface area contributed by atoms with Crippen LogP contribution in [-0.2, 0) is 15.3 Å². The van der Waals surface area contributed by atoms with Gasteiger partial charge in [0.25, 0.3) is 5.78 Å². The fraction of sp³-hybridized carbons (Fsp3) is 0.138. The molecule has 2 aromatic carbocycles. The Kier molecular flexibility index (Phi) is 6.80. The van der Waals surface area contributed by atoms with E-state index in [1.165, 1.54) is 34.9 Å². The summed E-state index contributed by atoms with van der Waals surface area (Å²) in [5, 5.41) is 29.9. The Hall–Kier alpha value is -4.55. The Morgan fingerprint density at radius 3 is 2.54 bits per heavy atom. The first-order chi connectivity index (χ1) is 19.7. The van der Waals surface area contributed by atoms with Gasteiger partial charge in [0.15, 0.2) is 10.1 Å². The number of aryl methyl sites for hydroxylation is 2. The number of aromatic hydroxyl groups is 1. The van der Waals surface area contributed by atoms with Gasteiger partial charge >= 0.3 is 5.91 Å². The number of hydrogen-bond acceptors (Lipinski definition) is 9. The largest absolute Gasteiger partial charge is 0.508 e. The third-order valence-corrected chi connectivity index (χ3v) is 8.98. The number of pyridine rings is 1. The number of thioether (sulfide) groups is 1. The lowest BCUT2D eigenvalue weighted by atomic mass is 9.96. The van der Waals surface area contributed by atoms with E-state index >= 15 is 0 Å². The number of benzene rings is 2. The Labute approximate surface area is 241 Å². The summed E-state index contributed by atoms with van der Waals surface area (Å²) in [5.74, 6) is -2.23. The van der Waals surface area contributed by atoms with Crippen molar-refractivity contribution in [1.82, 2.24) is 19.6 Å². The predicted molar refractivity (Wildman–Crippen MR) is 153 cm³/mol. The number of phenolic OH excluding ortho intramolecular Hbond substituents is 1. The highest BCUT2D eigenvalue weighted by Gasteiger charge is 2.48. The number of carbonyl (C=O) groups is 2. The first-order valence-corrected chi connectivity index (χ1v) is 14.3. The van der Waals surface area contributed by atoms with Crippen LogP contribution in [-0.4, -0.2) is 41.5 Å². The highest BCUT2D eigenvalue weighted by Crippen LogP contribution is 2.44. The van der Waals surface area contributed by atoms with E-state index in [2.05, 4.69) is 15.2 Å². The zero-order chi connectivity index (χ0) is 28.8. The molecule has 0 bridgehead atoms. The van der Waals surface area contributed by atoms with Gasteiger partial charge in [0.1, 0.15) is 22.9 Å². The minimum absolute atomic E-state index is 0.000109. The summed E-state index contributed by atoms with van der Waals surface area (Å²) in [4.78, 5) is 32.8. The van der Waals surface area contributed by atoms with Crippen LogP contribution in [0.25, 0.3) is 11.4 Å². The summed E-state index contributed by atoms with van der Waals surface area (Å²) in [6.45, 7) is 3.65. The number of aliphatic hydroxyl groups is 1. The Morgan fingerprint density at radius 1 is 1.05 bits per heavy atom. The van der Waals surface area contributed by atoms with Gasteiger partial charge in [-0.3, -0.25) is 14.5 Å². The second-order valence-corrected chi connectivity index (χ2v) is 11.6. The molecule has 206 valence electrons. The molecule has 0 spiro atoms. The number of phenols is 1. The van der Waals surface area contributed by atoms with E-state index in [1.54, 1.807) is 47.9 Å². The first kappa shape index (κ1) is 26.7. The van der Waals surface area contributed by atoms with E-state index in [0.29, 0.717) is 32.6 Å². The number of halogens is 1. The van der Waals surface area contributed by atoms with Gasteiger partial charge in [0.2, 0.25) is 5.13 Å². The molecule has 6 rings (SSSR count). The first-order valence-electron chi connectivity index (χ1n) is 12.5. The maximum Gasteiger partial charge on any atom is 0.301 e. The van der Waals surface area contributed by atoms with Crippen molar-refractivity contribution in [3.63, 3.8) is 0 Å². The molecule has 41 heavy (non-hydrogen) atoms. The molecule has 1 fully saturated rings. The van der Waals surface area contributed by atoms with E-state index in [4.69, 9.17) is 0 Å². The Balaban J connectivity index is 1.44. The third kappa shape index (κ3) is 4.64. The monoisotopic (exact) mass is 587 g/mol. The SMILES string of the molecule is Cc1cccn2c(C)c(/C(O)=C3\C(=O)C(=O)N(c4nnc(SCc5ccccc5F)s4)C3c3ccc(O)cc3)nc12. The fourth-order valence-electron chi connectivity index (χ4n) is 4.79. The quantitative estimate of drug-likeness (QED) is 0.0870. The summed E-state index contributed by atoms with van der Waals surface area (Å²) >= 11 is 2.33. The highest BCUT2D eigenvalue weighted by molar-refractivity contribution is 8.00. The van der Waals surface area contributed by atoms with Gasteiger partial charge in [-0.1, -0.05) is 59.5 Å². The van der Waals surface area contributed by atoms with E-state index in [9.17, 15) is 24.2 Å². The van der Waals surface area contributed by atoms with Gasteiger partial charge in [0, 0.05) is 11.9 Å². The molecule has 5 aromatic rings. The van der Waals surface area contributed by atoms with Crippen molar-refractivity contribution in [2.24, 2.45) is 0 Å². The number of rotatable bonds is 6. The normalized spacial score (nSPS) is 16.7. The van der Waals surface area contributed by atoms with Crippen molar-refractivity contribution in [3.05, 3.63) is 106 Å². The summed E-state index contributed by atoms with van der Waals surface area (Å²) < 4.78 is 16.4. The van der Waals surface area contributed by atoms with Gasteiger partial charge in [-0.15, -0.1) is 10.2 Å². The molecule has 1 aliphatic rings. The van der Waals surface area contributed by atoms with Crippen molar-refractivity contribution in [2.45, 2.75) is 30.0 Å². The number of anilines is 1. The number of carbonyl (C=O) groups excluding carboxylic acids is 2. The Morgan fingerprint density at radius 2 is 1.80 bits per heavy atom. The molecule has 1 aliphatic heterocycles. The molecule has 0 saturated carbocycles. The molecule has 1 amide bonds. The molecule has 2 N–H and O–H groups in total. The number of fused-ring (bicyclic) bond motifs is 1. The molecule has 1 atom stereocenters. The zero-order valence-electron chi connectivity index (χ0n) is 21.8. The number of imidazole rings is 1. The van der Waals surface area contributed by atoms with Crippen LogP contribution in [0.5, 0.6) is 5.75 Å². The average molecular weight is 588 g/mol. The lowest BCUT2D eigenvalue weighted by molar-refractivity contribution is -0.132. The minimum Gasteiger partial charge on any atom is -0.508 e. The lowest BCUT2D eigenvalue weighted by Crippen LogP contribution is -2.29. The molecular weight excluding hydrogens is 565 g/mol. The number of aromatic nitrogens is 4. The van der Waals surface area contributed by atoms with Crippen molar-refractivity contribution in [1.29, 1.82) is 0 Å². The van der Waals surface area contributed by atoms with Gasteiger partial charge in [0.05, 0.1) is 17.3 Å². The van der Waals surface area contributed by atoms with Crippen molar-refractivity contribution >= 4 is 51.3 Å². The zero-order valence-corrected chi connectivity index (χ0v) is 23.4. The van der Waals surface area contributed by atoms with Gasteiger partial charge in [-0.2, -0.15) is 0 Å². The van der Waals surface area contributed by atoms with Crippen LogP contribution in [0.3, 0.4) is 0 Å². The standard InChI is InChI=1S/C29H22FN5O4S2/c1-15-6-5-13-34-16(2)22(31-26(15)34)24(37)21-23(17-9-11-19(36)12-10-17)35(27(39)25(21)38)28-32-33-29(41-28)40-14-18-7-3-4-8-20(18)30/h3-13,23,36-37H,14H2,1-2H3/b24-21+. The van der Waals surface area contributed by atoms with Gasteiger partial charge in [-0.05, 0) is 54.8 Å². The average Bonchev–Trinajstić information content (AvgIpc) is 3.64. The van der Waals surface area contributed by atoms with Crippen LogP contribution < -0.4 is 4.90 Å². The second-order valence-electron chi connectivity index (χ2n) is 9.42. The second kappa shape index (κ2) is 10.5. The molecule has 0 aliphatic carbocycles. The van der Waals surface area contributed by atoms with Crippen LogP contribution >= 0.6 is 23.1 Å². The third-order valence-electron chi connectivity index (χ3n) is 6.87. The lowest BCUT2D eigenvalue weighted by Gasteiger charge is -2.22. The summed E-state index contributed by atoms with van der Waals surface area (Å²) in [6.07, 6.45) is 1.80. The van der Waals surface area contributed by atoms with Crippen molar-refractivity contribution in [2.75, 3.05) is 4.90 Å². The molecule has 1 unspecified atom stereocenters. The number of amides is 1. The number of nitrogens with zero attached hydrogens (tertiary/aromatic N) is 5. The van der Waals surface area contributed by atoms with E-state index in [0.717, 1.165) is 16.9 Å². The molecule has 1 saturated heterocycles. The molecule has 3 aromatic heterocycles.